The first-order valence-electron chi connectivity index (χ1n) is 10.7. The van der Waals surface area contributed by atoms with Gasteiger partial charge in [0.15, 0.2) is 11.5 Å². The molecule has 6 heteroatoms. The number of thiazole rings is 1. The molecule has 31 heavy (non-hydrogen) atoms. The van der Waals surface area contributed by atoms with Crippen molar-refractivity contribution in [3.05, 3.63) is 65.2 Å². The van der Waals surface area contributed by atoms with Crippen LogP contribution < -0.4 is 9.47 Å². The summed E-state index contributed by atoms with van der Waals surface area (Å²) >= 11 is 1.66. The van der Waals surface area contributed by atoms with E-state index >= 15 is 0 Å². The number of aromatic nitrogens is 1. The molecule has 0 bridgehead atoms. The van der Waals surface area contributed by atoms with E-state index in [-0.39, 0.29) is 5.54 Å². The van der Waals surface area contributed by atoms with Crippen molar-refractivity contribution in [2.24, 2.45) is 0 Å². The summed E-state index contributed by atoms with van der Waals surface area (Å²) in [4.78, 5) is 10.0. The van der Waals surface area contributed by atoms with Gasteiger partial charge in [-0.1, -0.05) is 36.4 Å². The lowest BCUT2D eigenvalue weighted by Crippen LogP contribution is -2.58. The molecule has 0 N–H and O–H groups in total. The Hall–Kier alpha value is -2.41. The van der Waals surface area contributed by atoms with Gasteiger partial charge in [0.25, 0.3) is 0 Å². The maximum atomic E-state index is 5.59. The molecule has 0 aliphatic carbocycles. The van der Waals surface area contributed by atoms with Crippen LogP contribution in [0.3, 0.4) is 0 Å². The summed E-state index contributed by atoms with van der Waals surface area (Å²) in [5.74, 6) is 1.47. The van der Waals surface area contributed by atoms with E-state index in [9.17, 15) is 0 Å². The Morgan fingerprint density at radius 2 is 1.77 bits per heavy atom. The van der Waals surface area contributed by atoms with Crippen molar-refractivity contribution in [1.29, 1.82) is 0 Å². The molecular formula is C25H31N3O2S. The van der Waals surface area contributed by atoms with Gasteiger partial charge in [0.05, 0.1) is 25.5 Å². The van der Waals surface area contributed by atoms with Crippen LogP contribution >= 0.6 is 11.3 Å². The van der Waals surface area contributed by atoms with E-state index in [1.54, 1.807) is 25.6 Å². The number of ether oxygens (including phenoxy) is 2. The van der Waals surface area contributed by atoms with Crippen molar-refractivity contribution in [3.8, 4) is 22.1 Å². The highest BCUT2D eigenvalue weighted by Gasteiger charge is 2.33. The average molecular weight is 438 g/mol. The quantitative estimate of drug-likeness (QED) is 0.524. The van der Waals surface area contributed by atoms with Gasteiger partial charge < -0.3 is 9.47 Å². The average Bonchev–Trinajstić information content (AvgIpc) is 3.23. The Morgan fingerprint density at radius 3 is 2.48 bits per heavy atom. The monoisotopic (exact) mass is 437 g/mol. The second-order valence-corrected chi connectivity index (χ2v) is 9.47. The van der Waals surface area contributed by atoms with Crippen LogP contribution in [0.25, 0.3) is 10.6 Å². The number of para-hydroxylation sites is 1. The number of methoxy groups -OCH3 is 2. The first-order valence-corrected chi connectivity index (χ1v) is 11.6. The highest BCUT2D eigenvalue weighted by atomic mass is 32.1. The molecule has 4 rings (SSSR count). The van der Waals surface area contributed by atoms with Crippen molar-refractivity contribution in [3.63, 3.8) is 0 Å². The summed E-state index contributed by atoms with van der Waals surface area (Å²) in [5.41, 5.74) is 3.58. The van der Waals surface area contributed by atoms with E-state index in [0.29, 0.717) is 0 Å². The lowest BCUT2D eigenvalue weighted by molar-refractivity contribution is 0.00991. The van der Waals surface area contributed by atoms with Crippen LogP contribution in [0.5, 0.6) is 11.5 Å². The summed E-state index contributed by atoms with van der Waals surface area (Å²) in [6, 6.07) is 16.7. The van der Waals surface area contributed by atoms with Crippen LogP contribution in [0.2, 0.25) is 0 Å². The number of piperazine rings is 1. The summed E-state index contributed by atoms with van der Waals surface area (Å²) < 4.78 is 11.0. The minimum atomic E-state index is 0.114. The molecule has 1 fully saturated rings. The predicted molar refractivity (Wildman–Crippen MR) is 127 cm³/mol. The number of hydrogen-bond donors (Lipinski definition) is 0. The zero-order chi connectivity index (χ0) is 21.8. The third-order valence-electron chi connectivity index (χ3n) is 5.94. The van der Waals surface area contributed by atoms with E-state index in [1.165, 1.54) is 5.56 Å². The fourth-order valence-electron chi connectivity index (χ4n) is 4.31. The topological polar surface area (TPSA) is 37.8 Å². The summed E-state index contributed by atoms with van der Waals surface area (Å²) in [5, 5.41) is 3.13. The largest absolute Gasteiger partial charge is 0.493 e. The van der Waals surface area contributed by atoms with Gasteiger partial charge in [-0.25, -0.2) is 4.98 Å². The van der Waals surface area contributed by atoms with Gasteiger partial charge >= 0.3 is 0 Å². The van der Waals surface area contributed by atoms with E-state index < -0.39 is 0 Å². The molecule has 1 aromatic heterocycles. The lowest BCUT2D eigenvalue weighted by Gasteiger charge is -2.47. The molecule has 2 heterocycles. The minimum Gasteiger partial charge on any atom is -0.493 e. The van der Waals surface area contributed by atoms with Gasteiger partial charge in [-0.15, -0.1) is 11.3 Å². The fourth-order valence-corrected chi connectivity index (χ4v) is 5.14. The molecule has 0 radical (unpaired) electrons. The summed E-state index contributed by atoms with van der Waals surface area (Å²) in [6.45, 7) is 9.68. The van der Waals surface area contributed by atoms with E-state index in [1.807, 2.05) is 18.2 Å². The highest BCUT2D eigenvalue weighted by molar-refractivity contribution is 7.13. The Morgan fingerprint density at radius 1 is 0.968 bits per heavy atom. The van der Waals surface area contributed by atoms with Crippen molar-refractivity contribution < 1.29 is 9.47 Å². The van der Waals surface area contributed by atoms with Crippen LogP contribution in [0.1, 0.15) is 25.1 Å². The van der Waals surface area contributed by atoms with Gasteiger partial charge in [-0.05, 0) is 31.5 Å². The maximum absolute atomic E-state index is 5.59. The second kappa shape index (κ2) is 9.39. The van der Waals surface area contributed by atoms with Crippen molar-refractivity contribution in [2.45, 2.75) is 32.5 Å². The first-order chi connectivity index (χ1) is 15.0. The van der Waals surface area contributed by atoms with Crippen molar-refractivity contribution in [1.82, 2.24) is 14.8 Å². The van der Waals surface area contributed by atoms with E-state index in [0.717, 1.165) is 60.5 Å². The van der Waals surface area contributed by atoms with Crippen LogP contribution in [-0.4, -0.2) is 54.2 Å². The molecule has 3 aromatic rings. The number of nitrogens with zero attached hydrogens (tertiary/aromatic N) is 3. The molecule has 1 saturated heterocycles. The Labute approximate surface area is 189 Å². The molecule has 0 spiro atoms. The van der Waals surface area contributed by atoms with Crippen LogP contribution in [0.4, 0.5) is 0 Å². The Balaban J connectivity index is 1.43. The standard InChI is InChI=1S/C25H31N3O2S/c1-25(2)18-27(13-14-28(25)15-19-9-6-5-7-10-19)16-20-17-31-24(26-20)21-11-8-12-22(29-3)23(21)30-4/h5-12,17H,13-16,18H2,1-4H3. The zero-order valence-corrected chi connectivity index (χ0v) is 19.6. The van der Waals surface area contributed by atoms with E-state index in [2.05, 4.69) is 59.4 Å². The van der Waals surface area contributed by atoms with Gasteiger partial charge in [0.1, 0.15) is 5.01 Å². The smallest absolute Gasteiger partial charge is 0.170 e. The Bertz CT molecular complexity index is 1000. The van der Waals surface area contributed by atoms with Crippen LogP contribution in [0, 0.1) is 0 Å². The van der Waals surface area contributed by atoms with E-state index in [4.69, 9.17) is 14.5 Å². The van der Waals surface area contributed by atoms with Gasteiger partial charge in [-0.3, -0.25) is 9.80 Å². The van der Waals surface area contributed by atoms with Crippen LogP contribution in [-0.2, 0) is 13.1 Å². The molecule has 0 amide bonds. The molecule has 1 aliphatic rings. The molecule has 5 nitrogen and oxygen atoms in total. The fraction of sp³-hybridized carbons (Fsp3) is 0.400. The van der Waals surface area contributed by atoms with Gasteiger partial charge in [0, 0.05) is 43.6 Å². The maximum Gasteiger partial charge on any atom is 0.170 e. The highest BCUT2D eigenvalue weighted by Crippen LogP contribution is 2.39. The predicted octanol–water partition coefficient (Wildman–Crippen LogP) is 4.92. The summed E-state index contributed by atoms with van der Waals surface area (Å²) in [6.07, 6.45) is 0. The van der Waals surface area contributed by atoms with Crippen LogP contribution in [0.15, 0.2) is 53.9 Å². The lowest BCUT2D eigenvalue weighted by atomic mass is 9.97. The van der Waals surface area contributed by atoms with Crippen molar-refractivity contribution >= 4 is 11.3 Å². The SMILES string of the molecule is COc1cccc(-c2nc(CN3CCN(Cc4ccccc4)C(C)(C)C3)cs2)c1OC. The third kappa shape index (κ3) is 4.92. The molecule has 2 aromatic carbocycles. The third-order valence-corrected chi connectivity index (χ3v) is 6.86. The molecule has 0 unspecified atom stereocenters. The molecular weight excluding hydrogens is 406 g/mol. The molecule has 164 valence electrons. The molecule has 0 atom stereocenters. The number of rotatable bonds is 7. The van der Waals surface area contributed by atoms with Crippen molar-refractivity contribution in [2.75, 3.05) is 33.9 Å². The molecule has 1 aliphatic heterocycles. The molecule has 0 saturated carbocycles. The first kappa shape index (κ1) is 21.8. The second-order valence-electron chi connectivity index (χ2n) is 8.62. The van der Waals surface area contributed by atoms with Gasteiger partial charge in [0.2, 0.25) is 0 Å². The normalized spacial score (nSPS) is 16.9. The number of benzene rings is 2. The number of hydrogen-bond acceptors (Lipinski definition) is 6. The zero-order valence-electron chi connectivity index (χ0n) is 18.8. The summed E-state index contributed by atoms with van der Waals surface area (Å²) in [7, 11) is 3.33. The van der Waals surface area contributed by atoms with Gasteiger partial charge in [-0.2, -0.15) is 0 Å². The minimum absolute atomic E-state index is 0.114. The Kier molecular flexibility index (Phi) is 6.60.